The third kappa shape index (κ3) is 5.57. The van der Waals surface area contributed by atoms with Crippen LogP contribution in [0.3, 0.4) is 0 Å². The molecule has 0 atom stereocenters. The Morgan fingerprint density at radius 3 is 1.68 bits per heavy atom. The maximum Gasteiger partial charge on any atom is 0.164 e. The second-order valence-corrected chi connectivity index (χ2v) is 16.0. The Bertz CT molecular complexity index is 3490. The molecule has 4 aromatic heterocycles. The number of benzene rings is 8. The molecule has 0 saturated heterocycles. The molecule has 0 fully saturated rings. The van der Waals surface area contributed by atoms with Gasteiger partial charge in [-0.15, -0.1) is 11.3 Å². The molecule has 4 heterocycles. The van der Waals surface area contributed by atoms with E-state index in [9.17, 15) is 0 Å². The van der Waals surface area contributed by atoms with E-state index in [4.69, 9.17) is 15.0 Å². The van der Waals surface area contributed by atoms with E-state index in [0.29, 0.717) is 17.5 Å². The van der Waals surface area contributed by atoms with Gasteiger partial charge in [-0.05, 0) is 71.8 Å². The number of aromatic nitrogens is 5. The van der Waals surface area contributed by atoms with E-state index in [-0.39, 0.29) is 0 Å². The lowest BCUT2D eigenvalue weighted by Crippen LogP contribution is -2.00. The Hall–Kier alpha value is -7.67. The average molecular weight is 772 g/mol. The largest absolute Gasteiger partial charge is 0.316 e. The number of thiophene rings is 1. The number of para-hydroxylation sites is 1. The molecule has 0 radical (unpaired) electrons. The predicted molar refractivity (Wildman–Crippen MR) is 246 cm³/mol. The fourth-order valence-corrected chi connectivity index (χ4v) is 9.74. The molecule has 0 aliphatic carbocycles. The normalized spacial score (nSPS) is 11.7. The van der Waals surface area contributed by atoms with Gasteiger partial charge in [-0.2, -0.15) is 0 Å². The molecule has 0 aliphatic heterocycles. The smallest absolute Gasteiger partial charge is 0.164 e. The molecule has 0 unspecified atom stereocenters. The van der Waals surface area contributed by atoms with E-state index in [0.717, 1.165) is 39.2 Å². The molecule has 0 saturated carbocycles. The maximum atomic E-state index is 5.03. The van der Waals surface area contributed by atoms with Crippen molar-refractivity contribution in [1.29, 1.82) is 0 Å². The van der Waals surface area contributed by atoms with Crippen LogP contribution in [0, 0.1) is 0 Å². The van der Waals surface area contributed by atoms with Gasteiger partial charge in [0.05, 0.1) is 16.6 Å². The fourth-order valence-electron chi connectivity index (χ4n) is 8.62. The molecule has 0 aliphatic rings. The van der Waals surface area contributed by atoms with Crippen LogP contribution in [0.1, 0.15) is 0 Å². The van der Waals surface area contributed by atoms with Crippen molar-refractivity contribution in [2.24, 2.45) is 0 Å². The van der Waals surface area contributed by atoms with Gasteiger partial charge in [-0.3, -0.25) is 0 Å². The first-order valence-corrected chi connectivity index (χ1v) is 20.6. The van der Waals surface area contributed by atoms with Gasteiger partial charge in [-0.1, -0.05) is 133 Å². The highest BCUT2D eigenvalue weighted by Crippen LogP contribution is 2.43. The van der Waals surface area contributed by atoms with Crippen molar-refractivity contribution in [3.05, 3.63) is 200 Å². The van der Waals surface area contributed by atoms with Crippen LogP contribution in [0.15, 0.2) is 200 Å². The third-order valence-electron chi connectivity index (χ3n) is 11.4. The summed E-state index contributed by atoms with van der Waals surface area (Å²) in [6, 6.07) is 68.7. The van der Waals surface area contributed by atoms with Gasteiger partial charge in [0.1, 0.15) is 0 Å². The molecule has 6 heteroatoms. The van der Waals surface area contributed by atoms with E-state index in [1.165, 1.54) is 52.9 Å². The molecule has 12 aromatic rings. The zero-order valence-corrected chi connectivity index (χ0v) is 32.5. The molecule has 0 amide bonds. The van der Waals surface area contributed by atoms with E-state index in [1.54, 1.807) is 0 Å². The van der Waals surface area contributed by atoms with Gasteiger partial charge < -0.3 is 9.13 Å². The molecule has 0 N–H and O–H groups in total. The van der Waals surface area contributed by atoms with Crippen molar-refractivity contribution in [3.63, 3.8) is 0 Å². The van der Waals surface area contributed by atoms with Crippen LogP contribution in [-0.4, -0.2) is 24.1 Å². The first-order valence-electron chi connectivity index (χ1n) is 19.8. The number of rotatable bonds is 6. The van der Waals surface area contributed by atoms with Gasteiger partial charge in [0.25, 0.3) is 0 Å². The van der Waals surface area contributed by atoms with E-state index >= 15 is 0 Å². The highest BCUT2D eigenvalue weighted by atomic mass is 32.1. The summed E-state index contributed by atoms with van der Waals surface area (Å²) in [5.74, 6) is 1.93. The monoisotopic (exact) mass is 771 g/mol. The van der Waals surface area contributed by atoms with Crippen molar-refractivity contribution in [2.45, 2.75) is 0 Å². The van der Waals surface area contributed by atoms with Crippen LogP contribution in [-0.2, 0) is 0 Å². The average Bonchev–Trinajstić information content (AvgIpc) is 4.01. The first kappa shape index (κ1) is 33.5. The lowest BCUT2D eigenvalue weighted by atomic mass is 10.0. The molecule has 5 nitrogen and oxygen atoms in total. The van der Waals surface area contributed by atoms with Gasteiger partial charge in [0, 0.05) is 70.6 Å². The summed E-state index contributed by atoms with van der Waals surface area (Å²) in [5.41, 5.74) is 10.8. The minimum absolute atomic E-state index is 0.635. The SMILES string of the molecule is c1ccc(-c2nc(-c3ccccc3)nc(-c3cccc(-c4cccc(-n5c6cc7sc8ccccc8c7cc6c6ccc7c(ccn7-c7ccccc7)c65)c4)c3)n2)cc1. The fraction of sp³-hybridized carbons (Fsp3) is 0. The molecule has 12 rings (SSSR count). The standard InChI is InChI=1S/C53H33N5S/c1-4-14-34(15-5-1)51-54-52(35-16-6-2-7-17-35)56-53(55-51)38-20-12-18-36(30-38)37-19-13-23-40(31-37)58-47-33-49-45(41-24-10-11-25-48(41)59-49)32-44(47)42-26-27-46-43(50(42)58)28-29-57(46)39-21-8-3-9-22-39/h1-33H. The Kier molecular flexibility index (Phi) is 7.64. The summed E-state index contributed by atoms with van der Waals surface area (Å²) in [6.45, 7) is 0. The predicted octanol–water partition coefficient (Wildman–Crippen LogP) is 13.9. The van der Waals surface area contributed by atoms with Crippen LogP contribution in [0.25, 0.3) is 110 Å². The van der Waals surface area contributed by atoms with Crippen molar-refractivity contribution >= 4 is 64.2 Å². The number of fused-ring (bicyclic) bond motifs is 8. The number of nitrogens with zero attached hydrogens (tertiary/aromatic N) is 5. The second kappa shape index (κ2) is 13.5. The summed E-state index contributed by atoms with van der Waals surface area (Å²) in [5, 5.41) is 6.30. The van der Waals surface area contributed by atoms with E-state index in [2.05, 4.69) is 149 Å². The summed E-state index contributed by atoms with van der Waals surface area (Å²) < 4.78 is 7.36. The van der Waals surface area contributed by atoms with Gasteiger partial charge in [-0.25, -0.2) is 15.0 Å². The topological polar surface area (TPSA) is 48.5 Å². The van der Waals surface area contributed by atoms with Crippen molar-refractivity contribution in [3.8, 4) is 56.7 Å². The highest BCUT2D eigenvalue weighted by Gasteiger charge is 2.20. The molecule has 0 spiro atoms. The summed E-state index contributed by atoms with van der Waals surface area (Å²) in [6.07, 6.45) is 2.20. The van der Waals surface area contributed by atoms with Gasteiger partial charge in [0.15, 0.2) is 17.5 Å². The third-order valence-corrected chi connectivity index (χ3v) is 12.5. The zero-order chi connectivity index (χ0) is 38.9. The summed E-state index contributed by atoms with van der Waals surface area (Å²) in [4.78, 5) is 15.0. The van der Waals surface area contributed by atoms with E-state index in [1.807, 2.05) is 72.0 Å². The molecule has 8 aromatic carbocycles. The second-order valence-electron chi connectivity index (χ2n) is 14.9. The Labute approximate surface area is 343 Å². The van der Waals surface area contributed by atoms with Gasteiger partial charge >= 0.3 is 0 Å². The molecule has 0 bridgehead atoms. The van der Waals surface area contributed by atoms with Crippen molar-refractivity contribution < 1.29 is 0 Å². The van der Waals surface area contributed by atoms with Crippen molar-refractivity contribution in [2.75, 3.05) is 0 Å². The summed E-state index contributed by atoms with van der Waals surface area (Å²) in [7, 11) is 0. The first-order chi connectivity index (χ1) is 29.2. The molecule has 59 heavy (non-hydrogen) atoms. The number of hydrogen-bond donors (Lipinski definition) is 0. The van der Waals surface area contributed by atoms with Crippen LogP contribution < -0.4 is 0 Å². The van der Waals surface area contributed by atoms with E-state index < -0.39 is 0 Å². The molecular weight excluding hydrogens is 739 g/mol. The highest BCUT2D eigenvalue weighted by molar-refractivity contribution is 7.25. The quantitative estimate of drug-likeness (QED) is 0.169. The van der Waals surface area contributed by atoms with Crippen LogP contribution in [0.2, 0.25) is 0 Å². The number of hydrogen-bond acceptors (Lipinski definition) is 4. The Morgan fingerprint density at radius 1 is 0.339 bits per heavy atom. The minimum Gasteiger partial charge on any atom is -0.316 e. The molecule has 276 valence electrons. The van der Waals surface area contributed by atoms with Crippen LogP contribution in [0.5, 0.6) is 0 Å². The Morgan fingerprint density at radius 2 is 0.932 bits per heavy atom. The van der Waals surface area contributed by atoms with Gasteiger partial charge in [0.2, 0.25) is 0 Å². The zero-order valence-electron chi connectivity index (χ0n) is 31.7. The lowest BCUT2D eigenvalue weighted by Gasteiger charge is -2.13. The molecular formula is C53H33N5S. The van der Waals surface area contributed by atoms with Crippen LogP contribution in [0.4, 0.5) is 0 Å². The van der Waals surface area contributed by atoms with Crippen molar-refractivity contribution in [1.82, 2.24) is 24.1 Å². The minimum atomic E-state index is 0.635. The van der Waals surface area contributed by atoms with Crippen LogP contribution >= 0.6 is 11.3 Å². The lowest BCUT2D eigenvalue weighted by molar-refractivity contribution is 1.07. The maximum absolute atomic E-state index is 5.03. The summed E-state index contributed by atoms with van der Waals surface area (Å²) >= 11 is 1.86. The Balaban J connectivity index is 1.05.